The third-order valence-corrected chi connectivity index (χ3v) is 4.69. The average molecular weight is 382 g/mol. The van der Waals surface area contributed by atoms with Gasteiger partial charge in [-0.1, -0.05) is 54.6 Å². The Bertz CT molecular complexity index is 1060. The minimum Gasteiger partial charge on any atom is -0.352 e. The number of hydrogen-bond acceptors (Lipinski definition) is 3. The Hall–Kier alpha value is -3.73. The number of nitrogens with zero attached hydrogens (tertiary/aromatic N) is 3. The Balaban J connectivity index is 1.49. The molecule has 0 saturated carbocycles. The summed E-state index contributed by atoms with van der Waals surface area (Å²) in [6.07, 6.45) is 6.53. The number of benzene rings is 2. The normalized spacial score (nSPS) is 10.6. The predicted molar refractivity (Wildman–Crippen MR) is 113 cm³/mol. The van der Waals surface area contributed by atoms with E-state index in [0.717, 1.165) is 28.1 Å². The summed E-state index contributed by atoms with van der Waals surface area (Å²) < 4.78 is 1.88. The lowest BCUT2D eigenvalue weighted by Crippen LogP contribution is -2.23. The average Bonchev–Trinajstić information content (AvgIpc) is 3.22. The van der Waals surface area contributed by atoms with Crippen LogP contribution in [0.3, 0.4) is 0 Å². The topological polar surface area (TPSA) is 59.8 Å². The highest BCUT2D eigenvalue weighted by Crippen LogP contribution is 2.24. The van der Waals surface area contributed by atoms with Crippen LogP contribution in [0.4, 0.5) is 0 Å². The van der Waals surface area contributed by atoms with Crippen LogP contribution in [-0.2, 0) is 17.8 Å². The lowest BCUT2D eigenvalue weighted by atomic mass is 10.0. The van der Waals surface area contributed by atoms with Gasteiger partial charge in [0.1, 0.15) is 0 Å². The molecule has 0 spiro atoms. The van der Waals surface area contributed by atoms with Crippen molar-refractivity contribution in [1.82, 2.24) is 20.1 Å². The van der Waals surface area contributed by atoms with Crippen molar-refractivity contribution in [3.05, 3.63) is 103 Å². The second-order valence-electron chi connectivity index (χ2n) is 6.79. The summed E-state index contributed by atoms with van der Waals surface area (Å²) in [5.41, 5.74) is 5.00. The maximum Gasteiger partial charge on any atom is 0.220 e. The molecule has 5 heteroatoms. The highest BCUT2D eigenvalue weighted by molar-refractivity contribution is 5.76. The van der Waals surface area contributed by atoms with Crippen LogP contribution in [0.15, 0.2) is 91.4 Å². The molecule has 1 N–H and O–H groups in total. The fraction of sp³-hybridized carbons (Fsp3) is 0.125. The first-order chi connectivity index (χ1) is 14.3. The van der Waals surface area contributed by atoms with Crippen molar-refractivity contribution in [2.45, 2.75) is 19.4 Å². The van der Waals surface area contributed by atoms with Gasteiger partial charge in [-0.15, -0.1) is 0 Å². The molecule has 2 aromatic heterocycles. The standard InChI is InChI=1S/C24H22N4O/c29-23(26-17-19-8-7-15-25-16-19)14-13-21-18-28(22-11-5-2-6-12-22)27-24(21)20-9-3-1-4-10-20/h1-12,15-16,18H,13-14,17H2,(H,26,29). The molecule has 0 bridgehead atoms. The summed E-state index contributed by atoms with van der Waals surface area (Å²) in [5.74, 6) is 0.0142. The molecule has 2 heterocycles. The third-order valence-electron chi connectivity index (χ3n) is 4.69. The Labute approximate surface area is 170 Å². The van der Waals surface area contributed by atoms with Gasteiger partial charge in [-0.05, 0) is 35.7 Å². The minimum atomic E-state index is 0.0142. The number of para-hydroxylation sites is 1. The number of carbonyl (C=O) groups excluding carboxylic acids is 1. The van der Waals surface area contributed by atoms with E-state index in [2.05, 4.69) is 10.3 Å². The van der Waals surface area contributed by atoms with Gasteiger partial charge in [-0.2, -0.15) is 5.10 Å². The van der Waals surface area contributed by atoms with Crippen molar-refractivity contribution < 1.29 is 4.79 Å². The Morgan fingerprint density at radius 3 is 2.41 bits per heavy atom. The number of aryl methyl sites for hydroxylation is 1. The Morgan fingerprint density at radius 1 is 0.931 bits per heavy atom. The monoisotopic (exact) mass is 382 g/mol. The van der Waals surface area contributed by atoms with Crippen LogP contribution in [0, 0.1) is 0 Å². The number of nitrogens with one attached hydrogen (secondary N) is 1. The highest BCUT2D eigenvalue weighted by atomic mass is 16.1. The SMILES string of the molecule is O=C(CCc1cn(-c2ccccc2)nc1-c1ccccc1)NCc1cccnc1. The van der Waals surface area contributed by atoms with Crippen molar-refractivity contribution in [2.24, 2.45) is 0 Å². The summed E-state index contributed by atoms with van der Waals surface area (Å²) in [5, 5.41) is 7.76. The van der Waals surface area contributed by atoms with E-state index in [4.69, 9.17) is 5.10 Å². The first-order valence-electron chi connectivity index (χ1n) is 9.64. The van der Waals surface area contributed by atoms with Crippen LogP contribution in [-0.4, -0.2) is 20.7 Å². The van der Waals surface area contributed by atoms with Gasteiger partial charge in [0.25, 0.3) is 0 Å². The summed E-state index contributed by atoms with van der Waals surface area (Å²) >= 11 is 0. The largest absolute Gasteiger partial charge is 0.352 e. The first-order valence-corrected chi connectivity index (χ1v) is 9.64. The van der Waals surface area contributed by atoms with Crippen LogP contribution >= 0.6 is 0 Å². The van der Waals surface area contributed by atoms with Gasteiger partial charge < -0.3 is 5.32 Å². The van der Waals surface area contributed by atoms with Crippen molar-refractivity contribution in [2.75, 3.05) is 0 Å². The molecule has 1 amide bonds. The zero-order chi connectivity index (χ0) is 19.9. The zero-order valence-corrected chi connectivity index (χ0v) is 16.0. The van der Waals surface area contributed by atoms with E-state index in [1.54, 1.807) is 12.4 Å². The van der Waals surface area contributed by atoms with Gasteiger partial charge >= 0.3 is 0 Å². The van der Waals surface area contributed by atoms with E-state index in [1.807, 2.05) is 83.7 Å². The van der Waals surface area contributed by atoms with Crippen molar-refractivity contribution in [3.63, 3.8) is 0 Å². The van der Waals surface area contributed by atoms with E-state index in [-0.39, 0.29) is 5.91 Å². The molecule has 0 radical (unpaired) electrons. The van der Waals surface area contributed by atoms with Crippen LogP contribution in [0.25, 0.3) is 16.9 Å². The molecule has 0 fully saturated rings. The molecule has 4 rings (SSSR count). The summed E-state index contributed by atoms with van der Waals surface area (Å²) in [7, 11) is 0. The summed E-state index contributed by atoms with van der Waals surface area (Å²) in [6, 6.07) is 23.9. The van der Waals surface area contributed by atoms with E-state index >= 15 is 0 Å². The smallest absolute Gasteiger partial charge is 0.220 e. The maximum atomic E-state index is 12.4. The van der Waals surface area contributed by atoms with Gasteiger partial charge in [0.15, 0.2) is 0 Å². The number of hydrogen-bond donors (Lipinski definition) is 1. The molecule has 0 aliphatic carbocycles. The molecule has 5 nitrogen and oxygen atoms in total. The molecule has 29 heavy (non-hydrogen) atoms. The van der Waals surface area contributed by atoms with Crippen LogP contribution in [0.1, 0.15) is 17.5 Å². The predicted octanol–water partition coefficient (Wildman–Crippen LogP) is 4.18. The van der Waals surface area contributed by atoms with E-state index in [0.29, 0.717) is 19.4 Å². The number of rotatable bonds is 7. The fourth-order valence-corrected chi connectivity index (χ4v) is 3.18. The molecule has 0 atom stereocenters. The molecular weight excluding hydrogens is 360 g/mol. The molecular formula is C24H22N4O. The fourth-order valence-electron chi connectivity index (χ4n) is 3.18. The van der Waals surface area contributed by atoms with Crippen LogP contribution in [0.5, 0.6) is 0 Å². The second kappa shape index (κ2) is 8.97. The van der Waals surface area contributed by atoms with E-state index in [1.165, 1.54) is 0 Å². The Morgan fingerprint density at radius 2 is 1.69 bits per heavy atom. The highest BCUT2D eigenvalue weighted by Gasteiger charge is 2.13. The molecule has 0 unspecified atom stereocenters. The Kier molecular flexibility index (Phi) is 5.76. The first kappa shape index (κ1) is 18.6. The third kappa shape index (κ3) is 4.76. The van der Waals surface area contributed by atoms with Crippen molar-refractivity contribution in [1.29, 1.82) is 0 Å². The lowest BCUT2D eigenvalue weighted by Gasteiger charge is -2.05. The van der Waals surface area contributed by atoms with Gasteiger partial charge in [0.05, 0.1) is 11.4 Å². The molecule has 2 aromatic carbocycles. The van der Waals surface area contributed by atoms with Gasteiger partial charge in [-0.25, -0.2) is 4.68 Å². The van der Waals surface area contributed by atoms with E-state index in [9.17, 15) is 4.79 Å². The molecule has 144 valence electrons. The molecule has 4 aromatic rings. The molecule has 0 aliphatic rings. The summed E-state index contributed by atoms with van der Waals surface area (Å²) in [6.45, 7) is 0.488. The second-order valence-corrected chi connectivity index (χ2v) is 6.79. The minimum absolute atomic E-state index is 0.0142. The number of pyridine rings is 1. The number of carbonyl (C=O) groups is 1. The van der Waals surface area contributed by atoms with E-state index < -0.39 is 0 Å². The lowest BCUT2D eigenvalue weighted by molar-refractivity contribution is -0.121. The zero-order valence-electron chi connectivity index (χ0n) is 16.0. The molecule has 0 aliphatic heterocycles. The molecule has 0 saturated heterocycles. The van der Waals surface area contributed by atoms with Crippen molar-refractivity contribution >= 4 is 5.91 Å². The van der Waals surface area contributed by atoms with Gasteiger partial charge in [-0.3, -0.25) is 9.78 Å². The van der Waals surface area contributed by atoms with Gasteiger partial charge in [0, 0.05) is 37.1 Å². The maximum absolute atomic E-state index is 12.4. The number of amides is 1. The van der Waals surface area contributed by atoms with Crippen LogP contribution < -0.4 is 5.32 Å². The van der Waals surface area contributed by atoms with Crippen molar-refractivity contribution in [3.8, 4) is 16.9 Å². The number of aromatic nitrogens is 3. The quantitative estimate of drug-likeness (QED) is 0.522. The summed E-state index contributed by atoms with van der Waals surface area (Å²) in [4.78, 5) is 16.4. The van der Waals surface area contributed by atoms with Gasteiger partial charge in [0.2, 0.25) is 5.91 Å². The van der Waals surface area contributed by atoms with Crippen LogP contribution in [0.2, 0.25) is 0 Å².